The Morgan fingerprint density at radius 2 is 2.17 bits per heavy atom. The van der Waals surface area contributed by atoms with Crippen molar-refractivity contribution in [2.45, 2.75) is 37.1 Å². The van der Waals surface area contributed by atoms with E-state index in [1.165, 1.54) is 0 Å². The molecule has 1 aliphatic carbocycles. The lowest BCUT2D eigenvalue weighted by Crippen LogP contribution is -2.47. The van der Waals surface area contributed by atoms with Crippen LogP contribution in [0, 0.1) is 0 Å². The van der Waals surface area contributed by atoms with Crippen LogP contribution in [0.25, 0.3) is 10.6 Å². The van der Waals surface area contributed by atoms with E-state index in [9.17, 15) is 4.79 Å². The number of hydrogen-bond acceptors (Lipinski definition) is 5. The molecule has 0 radical (unpaired) electrons. The molecular weight excluding hydrogens is 322 g/mol. The number of rotatable bonds is 4. The summed E-state index contributed by atoms with van der Waals surface area (Å²) in [5.74, 6) is 0.976. The Morgan fingerprint density at radius 3 is 2.79 bits per heavy atom. The van der Waals surface area contributed by atoms with Crippen LogP contribution >= 0.6 is 11.3 Å². The van der Waals surface area contributed by atoms with Gasteiger partial charge in [0.2, 0.25) is 5.91 Å². The van der Waals surface area contributed by atoms with Crippen molar-refractivity contribution in [2.75, 3.05) is 27.2 Å². The van der Waals surface area contributed by atoms with E-state index in [0.29, 0.717) is 6.04 Å². The van der Waals surface area contributed by atoms with Gasteiger partial charge in [0, 0.05) is 19.2 Å². The SMILES string of the molecule is CN1CCC(N(C)C(=O)C2(c3cc(-c4cccs4)on3)CC2)CC1. The second kappa shape index (κ2) is 6.01. The molecule has 1 saturated carbocycles. The largest absolute Gasteiger partial charge is 0.355 e. The fraction of sp³-hybridized carbons (Fsp3) is 0.556. The van der Waals surface area contributed by atoms with E-state index in [1.54, 1.807) is 11.3 Å². The van der Waals surface area contributed by atoms with E-state index in [2.05, 4.69) is 17.1 Å². The monoisotopic (exact) mass is 345 g/mol. The number of likely N-dealkylation sites (N-methyl/N-ethyl adjacent to an activating group) is 1. The number of carbonyl (C=O) groups is 1. The van der Waals surface area contributed by atoms with E-state index >= 15 is 0 Å². The van der Waals surface area contributed by atoms with Crippen LogP contribution in [-0.4, -0.2) is 54.1 Å². The summed E-state index contributed by atoms with van der Waals surface area (Å²) >= 11 is 1.62. The van der Waals surface area contributed by atoms with Crippen LogP contribution in [0.5, 0.6) is 0 Å². The van der Waals surface area contributed by atoms with Crippen molar-refractivity contribution in [3.05, 3.63) is 29.3 Å². The molecule has 5 nitrogen and oxygen atoms in total. The van der Waals surface area contributed by atoms with Crippen LogP contribution in [0.2, 0.25) is 0 Å². The van der Waals surface area contributed by atoms with Gasteiger partial charge in [0.05, 0.1) is 16.0 Å². The Hall–Kier alpha value is -1.66. The van der Waals surface area contributed by atoms with E-state index in [-0.39, 0.29) is 5.91 Å². The van der Waals surface area contributed by atoms with Crippen LogP contribution in [0.1, 0.15) is 31.4 Å². The predicted molar refractivity (Wildman–Crippen MR) is 94.0 cm³/mol. The van der Waals surface area contributed by atoms with Gasteiger partial charge in [-0.3, -0.25) is 4.79 Å². The number of likely N-dealkylation sites (tertiary alicyclic amines) is 1. The van der Waals surface area contributed by atoms with E-state index in [1.807, 2.05) is 35.5 Å². The lowest BCUT2D eigenvalue weighted by atomic mass is 9.97. The topological polar surface area (TPSA) is 49.6 Å². The van der Waals surface area contributed by atoms with Gasteiger partial charge >= 0.3 is 0 Å². The molecule has 0 N–H and O–H groups in total. The zero-order valence-corrected chi connectivity index (χ0v) is 15.0. The van der Waals surface area contributed by atoms with Crippen molar-refractivity contribution in [3.63, 3.8) is 0 Å². The summed E-state index contributed by atoms with van der Waals surface area (Å²) in [7, 11) is 4.10. The molecule has 0 spiro atoms. The average molecular weight is 345 g/mol. The van der Waals surface area contributed by atoms with Gasteiger partial charge in [0.15, 0.2) is 5.76 Å². The summed E-state index contributed by atoms with van der Waals surface area (Å²) in [6, 6.07) is 6.31. The van der Waals surface area contributed by atoms with Gasteiger partial charge in [-0.05, 0) is 57.3 Å². The second-order valence-electron chi connectivity index (χ2n) is 7.09. The van der Waals surface area contributed by atoms with E-state index < -0.39 is 5.41 Å². The summed E-state index contributed by atoms with van der Waals surface area (Å²) in [4.78, 5) is 18.5. The third-order valence-electron chi connectivity index (χ3n) is 5.48. The number of carbonyl (C=O) groups excluding carboxylic acids is 1. The molecule has 0 bridgehead atoms. The number of thiophene rings is 1. The first-order valence-electron chi connectivity index (χ1n) is 8.57. The second-order valence-corrected chi connectivity index (χ2v) is 8.03. The van der Waals surface area contributed by atoms with Crippen molar-refractivity contribution >= 4 is 17.2 Å². The van der Waals surface area contributed by atoms with Gasteiger partial charge in [0.1, 0.15) is 0 Å². The molecule has 2 aromatic rings. The fourth-order valence-electron chi connectivity index (χ4n) is 3.63. The van der Waals surface area contributed by atoms with Crippen molar-refractivity contribution in [3.8, 4) is 10.6 Å². The zero-order chi connectivity index (χ0) is 16.7. The molecule has 0 unspecified atom stereocenters. The van der Waals surface area contributed by atoms with Crippen LogP contribution in [0.15, 0.2) is 28.1 Å². The van der Waals surface area contributed by atoms with Crippen molar-refractivity contribution in [1.82, 2.24) is 15.0 Å². The maximum atomic E-state index is 13.1. The first kappa shape index (κ1) is 15.8. The third-order valence-corrected chi connectivity index (χ3v) is 6.36. The third kappa shape index (κ3) is 2.67. The quantitative estimate of drug-likeness (QED) is 0.855. The van der Waals surface area contributed by atoms with Gasteiger partial charge in [-0.25, -0.2) is 0 Å². The molecule has 2 aromatic heterocycles. The maximum absolute atomic E-state index is 13.1. The van der Waals surface area contributed by atoms with Gasteiger partial charge in [0.25, 0.3) is 0 Å². The van der Waals surface area contributed by atoms with Crippen LogP contribution in [0.4, 0.5) is 0 Å². The van der Waals surface area contributed by atoms with Gasteiger partial charge in [-0.15, -0.1) is 11.3 Å². The number of hydrogen-bond donors (Lipinski definition) is 0. The summed E-state index contributed by atoms with van der Waals surface area (Å²) < 4.78 is 5.51. The molecule has 6 heteroatoms. The molecule has 4 rings (SSSR count). The van der Waals surface area contributed by atoms with Gasteiger partial charge in [-0.1, -0.05) is 11.2 Å². The van der Waals surface area contributed by atoms with Crippen LogP contribution < -0.4 is 0 Å². The molecule has 128 valence electrons. The molecule has 1 saturated heterocycles. The van der Waals surface area contributed by atoms with Crippen LogP contribution in [-0.2, 0) is 10.2 Å². The Balaban J connectivity index is 1.51. The minimum Gasteiger partial charge on any atom is -0.355 e. The lowest BCUT2D eigenvalue weighted by molar-refractivity contribution is -0.135. The first-order valence-corrected chi connectivity index (χ1v) is 9.45. The smallest absolute Gasteiger partial charge is 0.234 e. The summed E-state index contributed by atoms with van der Waals surface area (Å²) in [6.45, 7) is 2.11. The molecule has 24 heavy (non-hydrogen) atoms. The molecule has 0 atom stereocenters. The zero-order valence-electron chi connectivity index (χ0n) is 14.2. The Morgan fingerprint density at radius 1 is 1.42 bits per heavy atom. The molecule has 1 amide bonds. The highest BCUT2D eigenvalue weighted by Gasteiger charge is 2.55. The summed E-state index contributed by atoms with van der Waals surface area (Å²) in [6.07, 6.45) is 3.85. The molecule has 3 heterocycles. The number of nitrogens with zero attached hydrogens (tertiary/aromatic N) is 3. The minimum absolute atomic E-state index is 0.211. The van der Waals surface area contributed by atoms with Crippen LogP contribution in [0.3, 0.4) is 0 Å². The minimum atomic E-state index is -0.447. The Bertz CT molecular complexity index is 712. The molecule has 0 aromatic carbocycles. The normalized spacial score (nSPS) is 20.9. The Labute approximate surface area is 146 Å². The highest BCUT2D eigenvalue weighted by atomic mass is 32.1. The highest BCUT2D eigenvalue weighted by Crippen LogP contribution is 2.50. The summed E-state index contributed by atoms with van der Waals surface area (Å²) in [5, 5.41) is 6.26. The molecule has 1 aliphatic heterocycles. The van der Waals surface area contributed by atoms with Crippen molar-refractivity contribution in [1.29, 1.82) is 0 Å². The van der Waals surface area contributed by atoms with Gasteiger partial charge < -0.3 is 14.3 Å². The maximum Gasteiger partial charge on any atom is 0.234 e. The van der Waals surface area contributed by atoms with Gasteiger partial charge in [-0.2, -0.15) is 0 Å². The number of aromatic nitrogens is 1. The fourth-order valence-corrected chi connectivity index (χ4v) is 4.30. The van der Waals surface area contributed by atoms with E-state index in [4.69, 9.17) is 4.52 Å². The standard InChI is InChI=1S/C18H23N3O2S/c1-20-9-5-13(6-10-20)21(2)17(22)18(7-8-18)16-12-14(23-19-16)15-4-3-11-24-15/h3-4,11-13H,5-10H2,1-2H3. The molecule has 2 fully saturated rings. The molecule has 2 aliphatic rings. The van der Waals surface area contributed by atoms with E-state index in [0.717, 1.165) is 55.1 Å². The average Bonchev–Trinajstić information content (AvgIpc) is 3.03. The Kier molecular flexibility index (Phi) is 3.96. The van der Waals surface area contributed by atoms with Crippen molar-refractivity contribution < 1.29 is 9.32 Å². The predicted octanol–water partition coefficient (Wildman–Crippen LogP) is 2.99. The van der Waals surface area contributed by atoms with Crippen molar-refractivity contribution in [2.24, 2.45) is 0 Å². The number of piperidine rings is 1. The summed E-state index contributed by atoms with van der Waals surface area (Å²) in [5.41, 5.74) is 0.354. The number of amides is 1. The lowest BCUT2D eigenvalue weighted by Gasteiger charge is -2.36. The first-order chi connectivity index (χ1) is 11.6. The highest BCUT2D eigenvalue weighted by molar-refractivity contribution is 7.13. The molecular formula is C18H23N3O2S.